The van der Waals surface area contributed by atoms with E-state index in [0.29, 0.717) is 11.6 Å². The maximum atomic E-state index is 10.7. The number of aromatic nitrogens is 1. The number of nitrogens with one attached hydrogen (secondary N) is 1. The lowest BCUT2D eigenvalue weighted by molar-refractivity contribution is -0.118. The molecular formula is C11H16ClN3O. The van der Waals surface area contributed by atoms with Gasteiger partial charge in [0, 0.05) is 24.7 Å². The normalized spacial score (nSPS) is 14.4. The van der Waals surface area contributed by atoms with Gasteiger partial charge in [-0.2, -0.15) is 0 Å². The third kappa shape index (κ3) is 4.16. The second-order valence-electron chi connectivity index (χ2n) is 3.87. The number of carbonyl (C=O) groups excluding carboxylic acids is 1. The van der Waals surface area contributed by atoms with Crippen LogP contribution in [0.15, 0.2) is 18.3 Å². The van der Waals surface area contributed by atoms with Gasteiger partial charge in [0.1, 0.15) is 5.15 Å². The Morgan fingerprint density at radius 2 is 2.31 bits per heavy atom. The Kier molecular flexibility index (Phi) is 4.71. The maximum absolute atomic E-state index is 10.7. The first-order valence-electron chi connectivity index (χ1n) is 5.15. The van der Waals surface area contributed by atoms with Crippen molar-refractivity contribution in [2.45, 2.75) is 32.4 Å². The first-order valence-corrected chi connectivity index (χ1v) is 5.52. The highest BCUT2D eigenvalue weighted by atomic mass is 35.5. The average Bonchev–Trinajstić information content (AvgIpc) is 2.16. The van der Waals surface area contributed by atoms with Crippen molar-refractivity contribution in [3.05, 3.63) is 29.0 Å². The van der Waals surface area contributed by atoms with E-state index in [1.165, 1.54) is 0 Å². The van der Waals surface area contributed by atoms with E-state index in [-0.39, 0.29) is 18.0 Å². The lowest BCUT2D eigenvalue weighted by atomic mass is 10.1. The van der Waals surface area contributed by atoms with Crippen LogP contribution < -0.4 is 11.1 Å². The Bertz CT molecular complexity index is 370. The predicted molar refractivity (Wildman–Crippen MR) is 64.1 cm³/mol. The van der Waals surface area contributed by atoms with Crippen LogP contribution in [-0.4, -0.2) is 16.9 Å². The third-order valence-corrected chi connectivity index (χ3v) is 2.50. The number of hydrogen-bond acceptors (Lipinski definition) is 3. The van der Waals surface area contributed by atoms with Gasteiger partial charge in [0.25, 0.3) is 0 Å². The number of pyridine rings is 1. The third-order valence-electron chi connectivity index (χ3n) is 2.29. The zero-order valence-electron chi connectivity index (χ0n) is 9.40. The second kappa shape index (κ2) is 5.82. The highest BCUT2D eigenvalue weighted by molar-refractivity contribution is 6.29. The van der Waals surface area contributed by atoms with E-state index in [4.69, 9.17) is 17.3 Å². The smallest absolute Gasteiger partial charge is 0.218 e. The van der Waals surface area contributed by atoms with Crippen LogP contribution in [0.5, 0.6) is 0 Å². The number of primary amides is 1. The molecule has 1 heterocycles. The van der Waals surface area contributed by atoms with E-state index < -0.39 is 0 Å². The van der Waals surface area contributed by atoms with E-state index >= 15 is 0 Å². The highest BCUT2D eigenvalue weighted by Gasteiger charge is 2.11. The summed E-state index contributed by atoms with van der Waals surface area (Å²) in [5.41, 5.74) is 6.16. The molecule has 0 saturated carbocycles. The number of hydrogen-bond donors (Lipinski definition) is 2. The molecule has 0 spiro atoms. The van der Waals surface area contributed by atoms with Gasteiger partial charge >= 0.3 is 0 Å². The first-order chi connectivity index (χ1) is 7.49. The Labute approximate surface area is 100 Å². The maximum Gasteiger partial charge on any atom is 0.218 e. The lowest BCUT2D eigenvalue weighted by Crippen LogP contribution is -2.32. The van der Waals surface area contributed by atoms with Gasteiger partial charge in [-0.3, -0.25) is 4.79 Å². The van der Waals surface area contributed by atoms with Crippen molar-refractivity contribution in [2.24, 2.45) is 5.73 Å². The minimum Gasteiger partial charge on any atom is -0.370 e. The van der Waals surface area contributed by atoms with Gasteiger partial charge in [0.15, 0.2) is 0 Å². The van der Waals surface area contributed by atoms with E-state index in [1.807, 2.05) is 19.9 Å². The molecule has 0 aliphatic rings. The van der Waals surface area contributed by atoms with Crippen molar-refractivity contribution < 1.29 is 4.79 Å². The summed E-state index contributed by atoms with van der Waals surface area (Å²) in [5.74, 6) is -0.306. The van der Waals surface area contributed by atoms with Gasteiger partial charge in [0.2, 0.25) is 5.91 Å². The quantitative estimate of drug-likeness (QED) is 0.771. The van der Waals surface area contributed by atoms with E-state index in [9.17, 15) is 4.79 Å². The Hall–Kier alpha value is -1.13. The Balaban J connectivity index is 2.58. The molecule has 16 heavy (non-hydrogen) atoms. The second-order valence-corrected chi connectivity index (χ2v) is 4.26. The van der Waals surface area contributed by atoms with Crippen LogP contribution in [0.3, 0.4) is 0 Å². The first kappa shape index (κ1) is 12.9. The van der Waals surface area contributed by atoms with Crippen molar-refractivity contribution in [3.63, 3.8) is 0 Å². The van der Waals surface area contributed by atoms with Gasteiger partial charge in [0.05, 0.1) is 0 Å². The SMILES string of the molecule is CC(CC(N)=O)NC(C)c1ccnc(Cl)c1. The van der Waals surface area contributed by atoms with Crippen LogP contribution in [0.4, 0.5) is 0 Å². The van der Waals surface area contributed by atoms with Crippen LogP contribution in [0, 0.1) is 0 Å². The van der Waals surface area contributed by atoms with Gasteiger partial charge in [-0.15, -0.1) is 0 Å². The fourth-order valence-electron chi connectivity index (χ4n) is 1.57. The molecule has 3 N–H and O–H groups in total. The van der Waals surface area contributed by atoms with E-state index in [1.54, 1.807) is 12.3 Å². The van der Waals surface area contributed by atoms with Gasteiger partial charge in [-0.1, -0.05) is 11.6 Å². The van der Waals surface area contributed by atoms with Crippen molar-refractivity contribution in [2.75, 3.05) is 0 Å². The molecule has 0 aliphatic carbocycles. The molecule has 4 nitrogen and oxygen atoms in total. The molecule has 0 radical (unpaired) electrons. The fourth-order valence-corrected chi connectivity index (χ4v) is 1.75. The molecule has 2 atom stereocenters. The number of carbonyl (C=O) groups is 1. The molecule has 88 valence electrons. The molecule has 0 fully saturated rings. The molecule has 1 amide bonds. The predicted octanol–water partition coefficient (Wildman–Crippen LogP) is 1.65. The largest absolute Gasteiger partial charge is 0.370 e. The minimum atomic E-state index is -0.306. The minimum absolute atomic E-state index is 0.0411. The van der Waals surface area contributed by atoms with Crippen LogP contribution >= 0.6 is 11.6 Å². The Morgan fingerprint density at radius 1 is 1.62 bits per heavy atom. The molecule has 0 aliphatic heterocycles. The highest BCUT2D eigenvalue weighted by Crippen LogP contribution is 2.16. The van der Waals surface area contributed by atoms with Gasteiger partial charge in [-0.05, 0) is 31.5 Å². The van der Waals surface area contributed by atoms with Crippen LogP contribution in [0.2, 0.25) is 5.15 Å². The average molecular weight is 242 g/mol. The summed E-state index contributed by atoms with van der Waals surface area (Å²) < 4.78 is 0. The molecule has 5 heteroatoms. The Morgan fingerprint density at radius 3 is 2.88 bits per heavy atom. The molecule has 2 unspecified atom stereocenters. The summed E-state index contributed by atoms with van der Waals surface area (Å²) in [6.45, 7) is 3.92. The van der Waals surface area contributed by atoms with E-state index in [2.05, 4.69) is 10.3 Å². The molecule has 0 aromatic carbocycles. The summed E-state index contributed by atoms with van der Waals surface area (Å²) in [6, 6.07) is 3.84. The van der Waals surface area contributed by atoms with Crippen molar-refractivity contribution >= 4 is 17.5 Å². The summed E-state index contributed by atoms with van der Waals surface area (Å²) >= 11 is 5.80. The monoisotopic (exact) mass is 241 g/mol. The number of halogens is 1. The molecule has 0 bridgehead atoms. The van der Waals surface area contributed by atoms with Crippen molar-refractivity contribution in [1.82, 2.24) is 10.3 Å². The molecule has 1 aromatic rings. The van der Waals surface area contributed by atoms with Gasteiger partial charge in [-0.25, -0.2) is 4.98 Å². The standard InChI is InChI=1S/C11H16ClN3O/c1-7(5-11(13)16)15-8(2)9-3-4-14-10(12)6-9/h3-4,6-8,15H,5H2,1-2H3,(H2,13,16). The van der Waals surface area contributed by atoms with Crippen LogP contribution in [0.25, 0.3) is 0 Å². The van der Waals surface area contributed by atoms with E-state index in [0.717, 1.165) is 5.56 Å². The number of nitrogens with zero attached hydrogens (tertiary/aromatic N) is 1. The number of rotatable bonds is 5. The fraction of sp³-hybridized carbons (Fsp3) is 0.455. The topological polar surface area (TPSA) is 68.0 Å². The lowest BCUT2D eigenvalue weighted by Gasteiger charge is -2.19. The summed E-state index contributed by atoms with van der Waals surface area (Å²) in [6.07, 6.45) is 1.98. The van der Waals surface area contributed by atoms with Crippen LogP contribution in [-0.2, 0) is 4.79 Å². The zero-order chi connectivity index (χ0) is 12.1. The summed E-state index contributed by atoms with van der Waals surface area (Å²) in [7, 11) is 0. The van der Waals surface area contributed by atoms with Gasteiger partial charge < -0.3 is 11.1 Å². The summed E-state index contributed by atoms with van der Waals surface area (Å²) in [5, 5.41) is 3.73. The van der Waals surface area contributed by atoms with Crippen molar-refractivity contribution in [1.29, 1.82) is 0 Å². The van der Waals surface area contributed by atoms with Crippen molar-refractivity contribution in [3.8, 4) is 0 Å². The molecule has 0 saturated heterocycles. The molecule has 1 rings (SSSR count). The summed E-state index contributed by atoms with van der Waals surface area (Å²) in [4.78, 5) is 14.6. The zero-order valence-corrected chi connectivity index (χ0v) is 10.2. The number of amides is 1. The molecular weight excluding hydrogens is 226 g/mol. The van der Waals surface area contributed by atoms with Crippen LogP contribution in [0.1, 0.15) is 31.9 Å². The number of nitrogens with two attached hydrogens (primary N) is 1. The molecule has 1 aromatic heterocycles.